The zero-order valence-electron chi connectivity index (χ0n) is 14.9. The molecule has 1 unspecified atom stereocenters. The van der Waals surface area contributed by atoms with E-state index in [1.807, 2.05) is 20.8 Å². The molecule has 0 fully saturated rings. The van der Waals surface area contributed by atoms with Crippen molar-refractivity contribution in [2.45, 2.75) is 49.3 Å². The van der Waals surface area contributed by atoms with Crippen molar-refractivity contribution in [2.24, 2.45) is 5.92 Å². The Bertz CT molecular complexity index is 533. The van der Waals surface area contributed by atoms with Crippen LogP contribution in [0.4, 0.5) is 0 Å². The highest BCUT2D eigenvalue weighted by Crippen LogP contribution is 2.28. The van der Waals surface area contributed by atoms with E-state index < -0.39 is 0 Å². The van der Waals surface area contributed by atoms with Crippen LogP contribution in [-0.4, -0.2) is 57.5 Å². The summed E-state index contributed by atoms with van der Waals surface area (Å²) in [7, 11) is 0. The molecule has 1 N–H and O–H groups in total. The van der Waals surface area contributed by atoms with Crippen molar-refractivity contribution in [3.8, 4) is 0 Å². The molecule has 24 heavy (non-hydrogen) atoms. The fourth-order valence-electron chi connectivity index (χ4n) is 1.69. The molecule has 0 aliphatic rings. The normalized spacial score (nSPS) is 12.2. The number of carbonyl (C=O) groups excluding carboxylic acids is 2. The number of nitrogens with zero attached hydrogens (tertiary/aromatic N) is 3. The number of nitrogens with one attached hydrogen (secondary N) is 1. The van der Waals surface area contributed by atoms with Gasteiger partial charge < -0.3 is 10.2 Å². The first kappa shape index (κ1) is 21.2. The van der Waals surface area contributed by atoms with Gasteiger partial charge >= 0.3 is 0 Å². The second kappa shape index (κ2) is 10.9. The van der Waals surface area contributed by atoms with Crippen LogP contribution in [-0.2, 0) is 9.59 Å². The Labute approximate surface area is 156 Å². The number of hydrogen-bond donors (Lipinski definition) is 1. The van der Waals surface area contributed by atoms with E-state index in [1.165, 1.54) is 34.9 Å². The first-order valence-corrected chi connectivity index (χ1v) is 10.8. The number of hydrogen-bond acceptors (Lipinski definition) is 7. The van der Waals surface area contributed by atoms with E-state index in [9.17, 15) is 9.59 Å². The average Bonchev–Trinajstić information content (AvgIpc) is 3.00. The van der Waals surface area contributed by atoms with E-state index in [4.69, 9.17) is 0 Å². The van der Waals surface area contributed by atoms with E-state index in [0.29, 0.717) is 17.4 Å². The van der Waals surface area contributed by atoms with Gasteiger partial charge in [-0.1, -0.05) is 48.7 Å². The van der Waals surface area contributed by atoms with Gasteiger partial charge in [-0.15, -0.1) is 10.2 Å². The van der Waals surface area contributed by atoms with Gasteiger partial charge in [0.05, 0.1) is 11.5 Å². The number of amides is 2. The Hall–Kier alpha value is -0.800. The Morgan fingerprint density at radius 3 is 2.12 bits per heavy atom. The molecule has 136 valence electrons. The molecule has 0 saturated heterocycles. The lowest BCUT2D eigenvalue weighted by molar-refractivity contribution is -0.128. The van der Waals surface area contributed by atoms with Crippen LogP contribution in [0.15, 0.2) is 8.68 Å². The molecule has 0 aromatic carbocycles. The molecule has 1 aromatic heterocycles. The van der Waals surface area contributed by atoms with E-state index in [1.54, 1.807) is 4.90 Å². The van der Waals surface area contributed by atoms with Crippen molar-refractivity contribution in [1.29, 1.82) is 0 Å². The molecule has 1 aromatic rings. The van der Waals surface area contributed by atoms with Gasteiger partial charge in [0.2, 0.25) is 11.8 Å². The molecule has 1 rings (SSSR count). The summed E-state index contributed by atoms with van der Waals surface area (Å²) >= 11 is 4.20. The monoisotopic (exact) mass is 390 g/mol. The molecular formula is C15H26N4O2S3. The molecule has 0 saturated carbocycles. The topological polar surface area (TPSA) is 75.2 Å². The lowest BCUT2D eigenvalue weighted by Crippen LogP contribution is -2.37. The molecule has 6 nitrogen and oxygen atoms in total. The Morgan fingerprint density at radius 2 is 1.62 bits per heavy atom. The van der Waals surface area contributed by atoms with E-state index >= 15 is 0 Å². The molecule has 0 aliphatic heterocycles. The summed E-state index contributed by atoms with van der Waals surface area (Å²) in [4.78, 5) is 25.6. The summed E-state index contributed by atoms with van der Waals surface area (Å²) in [5.74, 6) is 1.22. The smallest absolute Gasteiger partial charge is 0.233 e. The zero-order chi connectivity index (χ0) is 18.1. The van der Waals surface area contributed by atoms with Crippen LogP contribution in [0, 0.1) is 5.92 Å². The van der Waals surface area contributed by atoms with Crippen molar-refractivity contribution in [1.82, 2.24) is 20.4 Å². The molecule has 1 atom stereocenters. The Balaban J connectivity index is 2.38. The average molecular weight is 391 g/mol. The summed E-state index contributed by atoms with van der Waals surface area (Å²) in [6.45, 7) is 11.5. The van der Waals surface area contributed by atoms with Gasteiger partial charge in [-0.2, -0.15) is 0 Å². The lowest BCUT2D eigenvalue weighted by atomic mass is 10.1. The second-order valence-corrected chi connectivity index (χ2v) is 9.00. The maximum atomic E-state index is 12.0. The highest BCUT2D eigenvalue weighted by Gasteiger charge is 2.14. The summed E-state index contributed by atoms with van der Waals surface area (Å²) in [6.07, 6.45) is 0. The van der Waals surface area contributed by atoms with Gasteiger partial charge in [0.15, 0.2) is 8.68 Å². The van der Waals surface area contributed by atoms with Crippen LogP contribution in [0.25, 0.3) is 0 Å². The standard InChI is InChI=1S/C15H26N4O2S3/c1-6-19(7-2)13(21)9-23-15-18-17-14(24-15)22-8-12(20)16-11(5)10(3)4/h10-11H,6-9H2,1-5H3,(H,16,20). The summed E-state index contributed by atoms with van der Waals surface area (Å²) < 4.78 is 1.51. The number of thioether (sulfide) groups is 2. The quantitative estimate of drug-likeness (QED) is 0.619. The molecule has 0 aliphatic carbocycles. The molecule has 0 bridgehead atoms. The van der Waals surface area contributed by atoms with Crippen LogP contribution >= 0.6 is 34.9 Å². The van der Waals surface area contributed by atoms with Crippen LogP contribution in [0.1, 0.15) is 34.6 Å². The summed E-state index contributed by atoms with van der Waals surface area (Å²) in [5, 5.41) is 11.1. The van der Waals surface area contributed by atoms with Crippen LogP contribution in [0.2, 0.25) is 0 Å². The van der Waals surface area contributed by atoms with Gasteiger partial charge in [0.1, 0.15) is 0 Å². The minimum atomic E-state index is 0.00214. The molecule has 1 heterocycles. The fraction of sp³-hybridized carbons (Fsp3) is 0.733. The van der Waals surface area contributed by atoms with E-state index in [0.717, 1.165) is 21.8 Å². The molecule has 0 radical (unpaired) electrons. The third kappa shape index (κ3) is 7.40. The Kier molecular flexibility index (Phi) is 9.68. The second-order valence-electron chi connectivity index (χ2n) is 5.58. The van der Waals surface area contributed by atoms with Crippen molar-refractivity contribution in [3.05, 3.63) is 0 Å². The number of carbonyl (C=O) groups is 2. The summed E-state index contributed by atoms with van der Waals surface area (Å²) in [5.41, 5.74) is 0. The third-order valence-electron chi connectivity index (χ3n) is 3.54. The van der Waals surface area contributed by atoms with Crippen molar-refractivity contribution in [2.75, 3.05) is 24.6 Å². The minimum Gasteiger partial charge on any atom is -0.353 e. The fourth-order valence-corrected chi connectivity index (χ4v) is 4.43. The largest absolute Gasteiger partial charge is 0.353 e. The minimum absolute atomic E-state index is 0.00214. The first-order chi connectivity index (χ1) is 11.4. The first-order valence-electron chi connectivity index (χ1n) is 8.03. The van der Waals surface area contributed by atoms with E-state index in [2.05, 4.69) is 29.4 Å². The molecule has 0 spiro atoms. The number of aromatic nitrogens is 2. The van der Waals surface area contributed by atoms with E-state index in [-0.39, 0.29) is 17.9 Å². The molecule has 2 amide bonds. The predicted molar refractivity (Wildman–Crippen MR) is 102 cm³/mol. The van der Waals surface area contributed by atoms with Crippen molar-refractivity contribution in [3.63, 3.8) is 0 Å². The lowest BCUT2D eigenvalue weighted by Gasteiger charge is -2.17. The number of rotatable bonds is 10. The van der Waals surface area contributed by atoms with Gasteiger partial charge in [-0.3, -0.25) is 9.59 Å². The zero-order valence-corrected chi connectivity index (χ0v) is 17.3. The van der Waals surface area contributed by atoms with Gasteiger partial charge in [-0.05, 0) is 26.7 Å². The highest BCUT2D eigenvalue weighted by molar-refractivity contribution is 8.03. The maximum absolute atomic E-state index is 12.0. The van der Waals surface area contributed by atoms with Gasteiger partial charge in [0.25, 0.3) is 0 Å². The Morgan fingerprint density at radius 1 is 1.08 bits per heavy atom. The van der Waals surface area contributed by atoms with Crippen LogP contribution in [0.3, 0.4) is 0 Å². The molecular weight excluding hydrogens is 364 g/mol. The van der Waals surface area contributed by atoms with Gasteiger partial charge in [0, 0.05) is 19.1 Å². The van der Waals surface area contributed by atoms with Crippen LogP contribution in [0.5, 0.6) is 0 Å². The molecule has 9 heteroatoms. The highest BCUT2D eigenvalue weighted by atomic mass is 32.2. The maximum Gasteiger partial charge on any atom is 0.233 e. The SMILES string of the molecule is CCN(CC)C(=O)CSc1nnc(SCC(=O)NC(C)C(C)C)s1. The predicted octanol–water partition coefficient (Wildman–Crippen LogP) is 2.75. The van der Waals surface area contributed by atoms with Crippen molar-refractivity contribution < 1.29 is 9.59 Å². The third-order valence-corrected chi connectivity index (χ3v) is 6.71. The van der Waals surface area contributed by atoms with Crippen molar-refractivity contribution >= 4 is 46.7 Å². The van der Waals surface area contributed by atoms with Gasteiger partial charge in [-0.25, -0.2) is 0 Å². The van der Waals surface area contributed by atoms with Crippen LogP contribution < -0.4 is 5.32 Å². The summed E-state index contributed by atoms with van der Waals surface area (Å²) in [6, 6.07) is 0.157.